The average molecular weight is 281 g/mol. The van der Waals surface area contributed by atoms with Gasteiger partial charge in [0.25, 0.3) is 0 Å². The number of ether oxygens (including phenoxy) is 1. The summed E-state index contributed by atoms with van der Waals surface area (Å²) in [4.78, 5) is 12.8. The van der Waals surface area contributed by atoms with Gasteiger partial charge in [-0.15, -0.1) is 0 Å². The molecule has 0 N–H and O–H groups in total. The highest BCUT2D eigenvalue weighted by Gasteiger charge is 2.12. The highest BCUT2D eigenvalue weighted by molar-refractivity contribution is 5.58. The molecule has 2 heterocycles. The molecule has 0 aliphatic heterocycles. The topological polar surface area (TPSA) is 61.0 Å². The number of hydrogen-bond donors (Lipinski definition) is 0. The highest BCUT2D eigenvalue weighted by Crippen LogP contribution is 2.23. The Morgan fingerprint density at radius 3 is 2.52 bits per heavy atom. The minimum atomic E-state index is 0.396. The van der Waals surface area contributed by atoms with Crippen molar-refractivity contribution in [2.24, 2.45) is 0 Å². The Balaban J connectivity index is 1.84. The standard InChI is InChI=1S/C16H15N3O2/c1-20-10-15-17-8-13(9-18-15)16-14(19-11-21-16)7-12-5-3-2-4-6-12/h2-6,8-9,11H,7,10H2,1H3. The van der Waals surface area contributed by atoms with E-state index >= 15 is 0 Å². The summed E-state index contributed by atoms with van der Waals surface area (Å²) in [7, 11) is 1.62. The summed E-state index contributed by atoms with van der Waals surface area (Å²) in [6.07, 6.45) is 5.63. The van der Waals surface area contributed by atoms with E-state index in [0.29, 0.717) is 24.6 Å². The van der Waals surface area contributed by atoms with Crippen molar-refractivity contribution in [3.05, 3.63) is 66.2 Å². The Labute approximate surface area is 122 Å². The molecule has 5 heteroatoms. The zero-order valence-electron chi connectivity index (χ0n) is 11.7. The van der Waals surface area contributed by atoms with Crippen molar-refractivity contribution < 1.29 is 9.15 Å². The highest BCUT2D eigenvalue weighted by atomic mass is 16.5. The molecule has 1 aromatic carbocycles. The number of aromatic nitrogens is 3. The minimum absolute atomic E-state index is 0.396. The lowest BCUT2D eigenvalue weighted by atomic mass is 10.1. The summed E-state index contributed by atoms with van der Waals surface area (Å²) in [6.45, 7) is 0.396. The van der Waals surface area contributed by atoms with E-state index in [4.69, 9.17) is 9.15 Å². The third-order valence-electron chi connectivity index (χ3n) is 3.10. The predicted octanol–water partition coefficient (Wildman–Crippen LogP) is 2.87. The van der Waals surface area contributed by atoms with Crippen molar-refractivity contribution in [1.29, 1.82) is 0 Å². The van der Waals surface area contributed by atoms with Gasteiger partial charge in [0, 0.05) is 25.9 Å². The molecule has 0 aliphatic carbocycles. The Bertz CT molecular complexity index is 693. The van der Waals surface area contributed by atoms with Crippen LogP contribution in [0.15, 0.2) is 53.5 Å². The second-order valence-corrected chi connectivity index (χ2v) is 4.61. The van der Waals surface area contributed by atoms with E-state index in [9.17, 15) is 0 Å². The molecule has 0 amide bonds. The first-order valence-electron chi connectivity index (χ1n) is 6.63. The molecule has 0 aliphatic rings. The van der Waals surface area contributed by atoms with Crippen molar-refractivity contribution in [2.75, 3.05) is 7.11 Å². The summed E-state index contributed by atoms with van der Waals surface area (Å²) in [5.74, 6) is 1.35. The Hall–Kier alpha value is -2.53. The second-order valence-electron chi connectivity index (χ2n) is 4.61. The van der Waals surface area contributed by atoms with Gasteiger partial charge in [0.2, 0.25) is 0 Å². The zero-order valence-corrected chi connectivity index (χ0v) is 11.7. The first kappa shape index (κ1) is 13.5. The largest absolute Gasteiger partial charge is 0.443 e. The van der Waals surface area contributed by atoms with Gasteiger partial charge in [0.05, 0.1) is 11.3 Å². The van der Waals surface area contributed by atoms with Crippen molar-refractivity contribution in [3.63, 3.8) is 0 Å². The maximum atomic E-state index is 5.50. The summed E-state index contributed by atoms with van der Waals surface area (Å²) < 4.78 is 10.5. The lowest BCUT2D eigenvalue weighted by molar-refractivity contribution is 0.177. The molecule has 0 unspecified atom stereocenters. The summed E-state index contributed by atoms with van der Waals surface area (Å²) >= 11 is 0. The van der Waals surface area contributed by atoms with Crippen LogP contribution in [0.5, 0.6) is 0 Å². The number of methoxy groups -OCH3 is 1. The molecule has 0 saturated carbocycles. The molecule has 3 rings (SSSR count). The number of rotatable bonds is 5. The summed E-state index contributed by atoms with van der Waals surface area (Å²) in [5.41, 5.74) is 2.88. The fourth-order valence-electron chi connectivity index (χ4n) is 2.09. The molecular formula is C16H15N3O2. The van der Waals surface area contributed by atoms with E-state index in [-0.39, 0.29) is 0 Å². The number of nitrogens with zero attached hydrogens (tertiary/aromatic N) is 3. The van der Waals surface area contributed by atoms with Crippen LogP contribution in [-0.4, -0.2) is 22.1 Å². The number of hydrogen-bond acceptors (Lipinski definition) is 5. The molecule has 106 valence electrons. The van der Waals surface area contributed by atoms with Crippen molar-refractivity contribution in [1.82, 2.24) is 15.0 Å². The van der Waals surface area contributed by atoms with Gasteiger partial charge in [0.1, 0.15) is 6.61 Å². The van der Waals surface area contributed by atoms with Gasteiger partial charge in [-0.25, -0.2) is 15.0 Å². The van der Waals surface area contributed by atoms with E-state index in [2.05, 4.69) is 27.1 Å². The predicted molar refractivity (Wildman–Crippen MR) is 77.5 cm³/mol. The molecule has 3 aromatic rings. The molecule has 0 spiro atoms. The van der Waals surface area contributed by atoms with Crippen LogP contribution in [0.25, 0.3) is 11.3 Å². The molecule has 0 fully saturated rings. The average Bonchev–Trinajstić information content (AvgIpc) is 2.98. The van der Waals surface area contributed by atoms with Gasteiger partial charge in [-0.05, 0) is 5.56 Å². The van der Waals surface area contributed by atoms with Crippen LogP contribution in [0.4, 0.5) is 0 Å². The fraction of sp³-hybridized carbons (Fsp3) is 0.188. The van der Waals surface area contributed by atoms with E-state index in [1.165, 1.54) is 12.0 Å². The SMILES string of the molecule is COCc1ncc(-c2ocnc2Cc2ccccc2)cn1. The van der Waals surface area contributed by atoms with Gasteiger partial charge in [-0.3, -0.25) is 0 Å². The third kappa shape index (κ3) is 3.14. The Kier molecular flexibility index (Phi) is 4.02. The van der Waals surface area contributed by atoms with Gasteiger partial charge in [-0.1, -0.05) is 30.3 Å². The lowest BCUT2D eigenvalue weighted by Gasteiger charge is -2.02. The lowest BCUT2D eigenvalue weighted by Crippen LogP contribution is -1.97. The van der Waals surface area contributed by atoms with Gasteiger partial charge in [0.15, 0.2) is 18.0 Å². The molecule has 2 aromatic heterocycles. The fourth-order valence-corrected chi connectivity index (χ4v) is 2.09. The smallest absolute Gasteiger partial charge is 0.181 e. The van der Waals surface area contributed by atoms with Crippen LogP contribution < -0.4 is 0 Å². The number of benzene rings is 1. The molecule has 5 nitrogen and oxygen atoms in total. The van der Waals surface area contributed by atoms with Crippen LogP contribution >= 0.6 is 0 Å². The molecular weight excluding hydrogens is 266 g/mol. The van der Waals surface area contributed by atoms with Crippen LogP contribution in [0.2, 0.25) is 0 Å². The zero-order chi connectivity index (χ0) is 14.5. The third-order valence-corrected chi connectivity index (χ3v) is 3.10. The van der Waals surface area contributed by atoms with Crippen molar-refractivity contribution in [3.8, 4) is 11.3 Å². The van der Waals surface area contributed by atoms with Crippen molar-refractivity contribution in [2.45, 2.75) is 13.0 Å². The molecule has 0 bridgehead atoms. The minimum Gasteiger partial charge on any atom is -0.443 e. The van der Waals surface area contributed by atoms with Crippen LogP contribution in [0, 0.1) is 0 Å². The molecule has 0 saturated heterocycles. The Morgan fingerprint density at radius 2 is 1.81 bits per heavy atom. The number of oxazole rings is 1. The van der Waals surface area contributed by atoms with Crippen LogP contribution in [-0.2, 0) is 17.8 Å². The first-order chi connectivity index (χ1) is 10.4. The normalized spacial score (nSPS) is 10.7. The summed E-state index contributed by atoms with van der Waals surface area (Å²) in [6, 6.07) is 10.2. The first-order valence-corrected chi connectivity index (χ1v) is 6.63. The van der Waals surface area contributed by atoms with E-state index < -0.39 is 0 Å². The summed E-state index contributed by atoms with van der Waals surface area (Å²) in [5, 5.41) is 0. The van der Waals surface area contributed by atoms with Gasteiger partial charge in [-0.2, -0.15) is 0 Å². The van der Waals surface area contributed by atoms with Crippen molar-refractivity contribution >= 4 is 0 Å². The van der Waals surface area contributed by atoms with Gasteiger partial charge < -0.3 is 9.15 Å². The molecule has 21 heavy (non-hydrogen) atoms. The van der Waals surface area contributed by atoms with E-state index in [1.807, 2.05) is 18.2 Å². The monoisotopic (exact) mass is 281 g/mol. The Morgan fingerprint density at radius 1 is 1.05 bits per heavy atom. The maximum Gasteiger partial charge on any atom is 0.181 e. The van der Waals surface area contributed by atoms with Gasteiger partial charge >= 0.3 is 0 Å². The van der Waals surface area contributed by atoms with Crippen LogP contribution in [0.1, 0.15) is 17.1 Å². The quantitative estimate of drug-likeness (QED) is 0.719. The maximum absolute atomic E-state index is 5.50. The van der Waals surface area contributed by atoms with E-state index in [1.54, 1.807) is 19.5 Å². The molecule has 0 atom stereocenters. The van der Waals surface area contributed by atoms with E-state index in [0.717, 1.165) is 11.3 Å². The second kappa shape index (κ2) is 6.28. The molecule has 0 radical (unpaired) electrons. The van der Waals surface area contributed by atoms with Crippen LogP contribution in [0.3, 0.4) is 0 Å².